The number of urea groups is 1. The average molecular weight is 316 g/mol. The summed E-state index contributed by atoms with van der Waals surface area (Å²) in [6.07, 6.45) is 3.87. The highest BCUT2D eigenvalue weighted by Gasteiger charge is 2.29. The van der Waals surface area contributed by atoms with Gasteiger partial charge < -0.3 is 15.5 Å². The lowest BCUT2D eigenvalue weighted by Gasteiger charge is -2.24. The largest absolute Gasteiger partial charge is 0.368 e. The Morgan fingerprint density at radius 3 is 3.09 bits per heavy atom. The van der Waals surface area contributed by atoms with E-state index >= 15 is 0 Å². The fraction of sp³-hybridized carbons (Fsp3) is 0.375. The molecule has 0 aliphatic carbocycles. The monoisotopic (exact) mass is 316 g/mol. The molecule has 0 saturated carbocycles. The van der Waals surface area contributed by atoms with Crippen LogP contribution in [0.4, 0.5) is 10.6 Å². The third-order valence-electron chi connectivity index (χ3n) is 3.81. The van der Waals surface area contributed by atoms with Gasteiger partial charge in [-0.2, -0.15) is 11.3 Å². The van der Waals surface area contributed by atoms with Crippen LogP contribution < -0.4 is 10.6 Å². The smallest absolute Gasteiger partial charge is 0.317 e. The first-order valence-corrected chi connectivity index (χ1v) is 8.50. The quantitative estimate of drug-likeness (QED) is 0.833. The van der Waals surface area contributed by atoms with Crippen LogP contribution in [0.5, 0.6) is 0 Å². The third kappa shape index (κ3) is 3.57. The van der Waals surface area contributed by atoms with Gasteiger partial charge in [0.25, 0.3) is 0 Å². The molecule has 2 aromatic rings. The second-order valence-corrected chi connectivity index (χ2v) is 6.06. The Hall–Kier alpha value is -2.08. The van der Waals surface area contributed by atoms with Gasteiger partial charge in [0.2, 0.25) is 0 Å². The van der Waals surface area contributed by atoms with Crippen LogP contribution in [0.15, 0.2) is 41.2 Å². The molecule has 22 heavy (non-hydrogen) atoms. The standard InChI is InChI=1S/C16H20N4OS/c21-16(19-9-8-18-15-5-1-2-7-17-15)20-10-3-4-14(20)13-6-11-22-12-13/h1-2,5-7,11-12,14H,3-4,8-10H2,(H,17,18)(H,19,21). The first-order chi connectivity index (χ1) is 10.8. The van der Waals surface area contributed by atoms with E-state index in [1.54, 1.807) is 17.5 Å². The van der Waals surface area contributed by atoms with Gasteiger partial charge in [-0.1, -0.05) is 6.07 Å². The van der Waals surface area contributed by atoms with Crippen molar-refractivity contribution >= 4 is 23.2 Å². The molecule has 2 N–H and O–H groups in total. The van der Waals surface area contributed by atoms with Crippen molar-refractivity contribution in [3.63, 3.8) is 0 Å². The zero-order valence-corrected chi connectivity index (χ0v) is 13.2. The van der Waals surface area contributed by atoms with Gasteiger partial charge in [-0.15, -0.1) is 0 Å². The van der Waals surface area contributed by atoms with Crippen LogP contribution in [0.1, 0.15) is 24.4 Å². The summed E-state index contributed by atoms with van der Waals surface area (Å²) in [5.74, 6) is 0.828. The Balaban J connectivity index is 1.45. The van der Waals surface area contributed by atoms with E-state index in [2.05, 4.69) is 32.4 Å². The lowest BCUT2D eigenvalue weighted by molar-refractivity contribution is 0.193. The van der Waals surface area contributed by atoms with E-state index in [-0.39, 0.29) is 12.1 Å². The van der Waals surface area contributed by atoms with Crippen molar-refractivity contribution in [2.75, 3.05) is 25.0 Å². The molecule has 0 aromatic carbocycles. The van der Waals surface area contributed by atoms with Gasteiger partial charge in [0.05, 0.1) is 6.04 Å². The van der Waals surface area contributed by atoms with Gasteiger partial charge in [0.1, 0.15) is 5.82 Å². The summed E-state index contributed by atoms with van der Waals surface area (Å²) in [5, 5.41) is 10.4. The number of nitrogens with one attached hydrogen (secondary N) is 2. The minimum Gasteiger partial charge on any atom is -0.368 e. The highest BCUT2D eigenvalue weighted by Crippen LogP contribution is 2.32. The van der Waals surface area contributed by atoms with Crippen LogP contribution >= 0.6 is 11.3 Å². The molecule has 2 aromatic heterocycles. The summed E-state index contributed by atoms with van der Waals surface area (Å²) in [4.78, 5) is 18.5. The maximum atomic E-state index is 12.3. The zero-order chi connectivity index (χ0) is 15.2. The average Bonchev–Trinajstić information content (AvgIpc) is 3.22. The van der Waals surface area contributed by atoms with E-state index in [1.165, 1.54) is 5.56 Å². The van der Waals surface area contributed by atoms with Crippen LogP contribution in [-0.2, 0) is 0 Å². The molecule has 5 nitrogen and oxygen atoms in total. The second kappa shape index (κ2) is 7.26. The number of hydrogen-bond acceptors (Lipinski definition) is 4. The highest BCUT2D eigenvalue weighted by atomic mass is 32.1. The maximum absolute atomic E-state index is 12.3. The molecule has 1 saturated heterocycles. The SMILES string of the molecule is O=C(NCCNc1ccccn1)N1CCCC1c1ccsc1. The van der Waals surface area contributed by atoms with Gasteiger partial charge in [0.15, 0.2) is 0 Å². The van der Waals surface area contributed by atoms with Crippen LogP contribution in [-0.4, -0.2) is 35.5 Å². The Morgan fingerprint density at radius 2 is 2.32 bits per heavy atom. The Labute approximate surface area is 134 Å². The Kier molecular flexibility index (Phi) is 4.90. The summed E-state index contributed by atoms with van der Waals surface area (Å²) in [5.41, 5.74) is 1.25. The van der Waals surface area contributed by atoms with Gasteiger partial charge in [-0.05, 0) is 47.4 Å². The van der Waals surface area contributed by atoms with Crippen molar-refractivity contribution in [2.45, 2.75) is 18.9 Å². The van der Waals surface area contributed by atoms with Gasteiger partial charge >= 0.3 is 6.03 Å². The molecule has 1 unspecified atom stereocenters. The topological polar surface area (TPSA) is 57.3 Å². The fourth-order valence-electron chi connectivity index (χ4n) is 2.75. The van der Waals surface area contributed by atoms with Crippen molar-refractivity contribution < 1.29 is 4.79 Å². The van der Waals surface area contributed by atoms with Crippen LogP contribution in [0.3, 0.4) is 0 Å². The summed E-state index contributed by atoms with van der Waals surface area (Å²) in [6, 6.07) is 8.10. The van der Waals surface area contributed by atoms with Crippen molar-refractivity contribution in [2.24, 2.45) is 0 Å². The molecule has 1 aliphatic heterocycles. The van der Waals surface area contributed by atoms with Gasteiger partial charge in [-0.3, -0.25) is 0 Å². The molecule has 1 fully saturated rings. The number of pyridine rings is 1. The Morgan fingerprint density at radius 1 is 1.36 bits per heavy atom. The van der Waals surface area contributed by atoms with Crippen molar-refractivity contribution in [3.8, 4) is 0 Å². The number of hydrogen-bond donors (Lipinski definition) is 2. The van der Waals surface area contributed by atoms with Gasteiger partial charge in [0, 0.05) is 25.8 Å². The number of likely N-dealkylation sites (tertiary alicyclic amines) is 1. The van der Waals surface area contributed by atoms with Crippen molar-refractivity contribution in [1.82, 2.24) is 15.2 Å². The minimum absolute atomic E-state index is 0.0246. The lowest BCUT2D eigenvalue weighted by Crippen LogP contribution is -2.41. The molecular weight excluding hydrogens is 296 g/mol. The predicted octanol–water partition coefficient (Wildman–Crippen LogP) is 3.10. The first-order valence-electron chi connectivity index (χ1n) is 7.56. The fourth-order valence-corrected chi connectivity index (χ4v) is 3.46. The van der Waals surface area contributed by atoms with Crippen LogP contribution in [0.25, 0.3) is 0 Å². The summed E-state index contributed by atoms with van der Waals surface area (Å²) in [6.45, 7) is 2.09. The summed E-state index contributed by atoms with van der Waals surface area (Å²) >= 11 is 1.68. The van der Waals surface area contributed by atoms with Crippen LogP contribution in [0, 0.1) is 0 Å². The number of rotatable bonds is 5. The molecule has 6 heteroatoms. The van der Waals surface area contributed by atoms with Crippen molar-refractivity contribution in [1.29, 1.82) is 0 Å². The molecule has 116 valence electrons. The number of amides is 2. The molecule has 1 aliphatic rings. The second-order valence-electron chi connectivity index (χ2n) is 5.28. The molecule has 2 amide bonds. The van der Waals surface area contributed by atoms with E-state index < -0.39 is 0 Å². The number of nitrogens with zero attached hydrogens (tertiary/aromatic N) is 2. The van der Waals surface area contributed by atoms with Gasteiger partial charge in [-0.25, -0.2) is 9.78 Å². The van der Waals surface area contributed by atoms with Crippen molar-refractivity contribution in [3.05, 3.63) is 46.8 Å². The Bertz CT molecular complexity index is 587. The van der Waals surface area contributed by atoms with E-state index in [9.17, 15) is 4.79 Å². The number of anilines is 1. The lowest BCUT2D eigenvalue weighted by atomic mass is 10.1. The predicted molar refractivity (Wildman–Crippen MR) is 89.1 cm³/mol. The van der Waals surface area contributed by atoms with Crippen LogP contribution in [0.2, 0.25) is 0 Å². The van der Waals surface area contributed by atoms with E-state index in [0.29, 0.717) is 13.1 Å². The minimum atomic E-state index is 0.0246. The number of aromatic nitrogens is 1. The van der Waals surface area contributed by atoms with E-state index in [4.69, 9.17) is 0 Å². The molecule has 3 rings (SSSR count). The number of carbonyl (C=O) groups excluding carboxylic acids is 1. The first kappa shape index (κ1) is 14.8. The van der Waals surface area contributed by atoms with E-state index in [0.717, 1.165) is 25.2 Å². The van der Waals surface area contributed by atoms with E-state index in [1.807, 2.05) is 23.1 Å². The summed E-state index contributed by atoms with van der Waals surface area (Å²) in [7, 11) is 0. The normalized spacial score (nSPS) is 17.5. The number of carbonyl (C=O) groups is 1. The molecule has 0 radical (unpaired) electrons. The summed E-state index contributed by atoms with van der Waals surface area (Å²) < 4.78 is 0. The zero-order valence-electron chi connectivity index (χ0n) is 12.4. The number of thiophene rings is 1. The molecule has 1 atom stereocenters. The molecule has 0 spiro atoms. The molecule has 0 bridgehead atoms. The molecular formula is C16H20N4OS. The molecule has 3 heterocycles. The highest BCUT2D eigenvalue weighted by molar-refractivity contribution is 7.07. The third-order valence-corrected chi connectivity index (χ3v) is 4.52. The maximum Gasteiger partial charge on any atom is 0.317 e.